The summed E-state index contributed by atoms with van der Waals surface area (Å²) in [5.74, 6) is 0. The van der Waals surface area contributed by atoms with E-state index in [0.717, 1.165) is 26.1 Å². The molecule has 0 aromatic rings. The average molecular weight is 199 g/mol. The van der Waals surface area contributed by atoms with E-state index in [2.05, 4.69) is 13.8 Å². The molecule has 14 heavy (non-hydrogen) atoms. The fourth-order valence-electron chi connectivity index (χ4n) is 2.23. The molecule has 1 saturated carbocycles. The van der Waals surface area contributed by atoms with Crippen molar-refractivity contribution in [1.82, 2.24) is 0 Å². The number of nitrogens with two attached hydrogens (primary N) is 1. The summed E-state index contributed by atoms with van der Waals surface area (Å²) in [7, 11) is 0. The second kappa shape index (κ2) is 3.80. The van der Waals surface area contributed by atoms with Crippen molar-refractivity contribution in [2.24, 2.45) is 11.1 Å². The van der Waals surface area contributed by atoms with Crippen LogP contribution in [-0.4, -0.2) is 31.5 Å². The van der Waals surface area contributed by atoms with Gasteiger partial charge in [0, 0.05) is 6.04 Å². The van der Waals surface area contributed by atoms with Crippen LogP contribution >= 0.6 is 0 Å². The highest BCUT2D eigenvalue weighted by molar-refractivity contribution is 4.89. The van der Waals surface area contributed by atoms with Crippen molar-refractivity contribution in [2.45, 2.75) is 51.4 Å². The van der Waals surface area contributed by atoms with Gasteiger partial charge in [-0.1, -0.05) is 13.8 Å². The molecule has 1 heterocycles. The van der Waals surface area contributed by atoms with Crippen molar-refractivity contribution < 1.29 is 9.47 Å². The Morgan fingerprint density at radius 3 is 2.64 bits per heavy atom. The Morgan fingerprint density at radius 1 is 1.36 bits per heavy atom. The summed E-state index contributed by atoms with van der Waals surface area (Å²) in [4.78, 5) is 0. The van der Waals surface area contributed by atoms with Gasteiger partial charge in [-0.3, -0.25) is 0 Å². The standard InChI is InChI=1S/C11H21NO2/c1-11(2)4-3-9(12)10(5-11)14-8-6-13-7-8/h8-10H,3-7,12H2,1-2H3. The number of hydrogen-bond donors (Lipinski definition) is 1. The molecular weight excluding hydrogens is 178 g/mol. The monoisotopic (exact) mass is 199 g/mol. The van der Waals surface area contributed by atoms with Crippen molar-refractivity contribution in [2.75, 3.05) is 13.2 Å². The van der Waals surface area contributed by atoms with Crippen LogP contribution < -0.4 is 5.73 Å². The van der Waals surface area contributed by atoms with Crippen molar-refractivity contribution in [3.8, 4) is 0 Å². The second-order valence-corrected chi connectivity index (χ2v) is 5.40. The van der Waals surface area contributed by atoms with Crippen molar-refractivity contribution >= 4 is 0 Å². The fourth-order valence-corrected chi connectivity index (χ4v) is 2.23. The Hall–Kier alpha value is -0.120. The first-order valence-corrected chi connectivity index (χ1v) is 5.56. The number of hydrogen-bond acceptors (Lipinski definition) is 3. The van der Waals surface area contributed by atoms with E-state index in [0.29, 0.717) is 11.5 Å². The highest BCUT2D eigenvalue weighted by Gasteiger charge is 2.36. The lowest BCUT2D eigenvalue weighted by Gasteiger charge is -2.41. The van der Waals surface area contributed by atoms with Gasteiger partial charge < -0.3 is 15.2 Å². The van der Waals surface area contributed by atoms with E-state index < -0.39 is 0 Å². The summed E-state index contributed by atoms with van der Waals surface area (Å²) >= 11 is 0. The zero-order chi connectivity index (χ0) is 10.2. The average Bonchev–Trinajstić information content (AvgIpc) is 2.03. The van der Waals surface area contributed by atoms with Crippen LogP contribution in [0.5, 0.6) is 0 Å². The van der Waals surface area contributed by atoms with Crippen LogP contribution in [0.15, 0.2) is 0 Å². The van der Waals surface area contributed by atoms with Crippen molar-refractivity contribution in [3.63, 3.8) is 0 Å². The van der Waals surface area contributed by atoms with Gasteiger partial charge >= 0.3 is 0 Å². The third-order valence-corrected chi connectivity index (χ3v) is 3.36. The molecule has 2 N–H and O–H groups in total. The zero-order valence-electron chi connectivity index (χ0n) is 9.16. The topological polar surface area (TPSA) is 44.5 Å². The molecule has 2 fully saturated rings. The lowest BCUT2D eigenvalue weighted by molar-refractivity contribution is -0.170. The molecule has 82 valence electrons. The van der Waals surface area contributed by atoms with Crippen LogP contribution in [0.4, 0.5) is 0 Å². The molecule has 2 unspecified atom stereocenters. The Labute approximate surface area is 85.9 Å². The third-order valence-electron chi connectivity index (χ3n) is 3.36. The first kappa shape index (κ1) is 10.4. The molecule has 0 bridgehead atoms. The van der Waals surface area contributed by atoms with Gasteiger partial charge in [-0.25, -0.2) is 0 Å². The highest BCUT2D eigenvalue weighted by atomic mass is 16.6. The molecule has 1 saturated heterocycles. The summed E-state index contributed by atoms with van der Waals surface area (Å²) < 4.78 is 11.0. The lowest BCUT2D eigenvalue weighted by atomic mass is 9.74. The maximum Gasteiger partial charge on any atom is 0.105 e. The van der Waals surface area contributed by atoms with Crippen LogP contribution in [0, 0.1) is 5.41 Å². The molecule has 3 heteroatoms. The van der Waals surface area contributed by atoms with Gasteiger partial charge in [0.15, 0.2) is 0 Å². The molecule has 3 nitrogen and oxygen atoms in total. The van der Waals surface area contributed by atoms with Gasteiger partial charge in [0.2, 0.25) is 0 Å². The molecule has 0 spiro atoms. The van der Waals surface area contributed by atoms with Crippen LogP contribution in [0.3, 0.4) is 0 Å². The minimum Gasteiger partial charge on any atom is -0.376 e. The SMILES string of the molecule is CC1(C)CCC(N)C(OC2COC2)C1. The largest absolute Gasteiger partial charge is 0.376 e. The smallest absolute Gasteiger partial charge is 0.105 e. The van der Waals surface area contributed by atoms with E-state index in [1.54, 1.807) is 0 Å². The predicted molar refractivity (Wildman–Crippen MR) is 55.1 cm³/mol. The Bertz CT molecular complexity index is 201. The summed E-state index contributed by atoms with van der Waals surface area (Å²) in [5.41, 5.74) is 6.46. The molecule has 2 atom stereocenters. The van der Waals surface area contributed by atoms with Crippen LogP contribution in [0.25, 0.3) is 0 Å². The van der Waals surface area contributed by atoms with Crippen LogP contribution in [0.2, 0.25) is 0 Å². The van der Waals surface area contributed by atoms with Gasteiger partial charge in [-0.15, -0.1) is 0 Å². The molecule has 0 aromatic heterocycles. The van der Waals surface area contributed by atoms with Gasteiger partial charge in [0.1, 0.15) is 6.10 Å². The normalized spacial score (nSPS) is 37.9. The van der Waals surface area contributed by atoms with E-state index in [4.69, 9.17) is 15.2 Å². The minimum atomic E-state index is 0.226. The zero-order valence-corrected chi connectivity index (χ0v) is 9.16. The Morgan fingerprint density at radius 2 is 2.07 bits per heavy atom. The maximum absolute atomic E-state index is 6.06. The predicted octanol–water partition coefficient (Wildman–Crippen LogP) is 1.31. The summed E-state index contributed by atoms with van der Waals surface area (Å²) in [6.07, 6.45) is 3.94. The molecule has 2 rings (SSSR count). The van der Waals surface area contributed by atoms with E-state index in [-0.39, 0.29) is 12.1 Å². The van der Waals surface area contributed by atoms with Crippen LogP contribution in [-0.2, 0) is 9.47 Å². The Kier molecular flexibility index (Phi) is 2.82. The molecular formula is C11H21NO2. The van der Waals surface area contributed by atoms with Crippen molar-refractivity contribution in [3.05, 3.63) is 0 Å². The molecule has 0 radical (unpaired) electrons. The van der Waals surface area contributed by atoms with Gasteiger partial charge in [-0.05, 0) is 24.7 Å². The van der Waals surface area contributed by atoms with Crippen molar-refractivity contribution in [1.29, 1.82) is 0 Å². The molecule has 2 aliphatic rings. The first-order valence-electron chi connectivity index (χ1n) is 5.56. The second-order valence-electron chi connectivity index (χ2n) is 5.40. The van der Waals surface area contributed by atoms with E-state index in [9.17, 15) is 0 Å². The molecule has 0 aromatic carbocycles. The summed E-state index contributed by atoms with van der Waals surface area (Å²) in [6, 6.07) is 0.226. The van der Waals surface area contributed by atoms with Gasteiger partial charge in [0.25, 0.3) is 0 Å². The quantitative estimate of drug-likeness (QED) is 0.729. The van der Waals surface area contributed by atoms with Gasteiger partial charge in [0.05, 0.1) is 19.3 Å². The fraction of sp³-hybridized carbons (Fsp3) is 1.00. The van der Waals surface area contributed by atoms with E-state index in [1.807, 2.05) is 0 Å². The molecule has 1 aliphatic heterocycles. The maximum atomic E-state index is 6.06. The summed E-state index contributed by atoms with van der Waals surface area (Å²) in [6.45, 7) is 6.10. The lowest BCUT2D eigenvalue weighted by Crippen LogP contribution is -2.49. The summed E-state index contributed by atoms with van der Waals surface area (Å²) in [5, 5.41) is 0. The van der Waals surface area contributed by atoms with Gasteiger partial charge in [-0.2, -0.15) is 0 Å². The number of rotatable bonds is 2. The highest BCUT2D eigenvalue weighted by Crippen LogP contribution is 2.36. The third kappa shape index (κ3) is 2.27. The molecule has 0 amide bonds. The molecule has 1 aliphatic carbocycles. The minimum absolute atomic E-state index is 0.226. The van der Waals surface area contributed by atoms with Crippen LogP contribution in [0.1, 0.15) is 33.1 Å². The van der Waals surface area contributed by atoms with E-state index >= 15 is 0 Å². The number of ether oxygens (including phenoxy) is 2. The first-order chi connectivity index (χ1) is 6.57. The van der Waals surface area contributed by atoms with E-state index in [1.165, 1.54) is 6.42 Å². The Balaban J connectivity index is 1.87.